The molecule has 144 valence electrons. The lowest BCUT2D eigenvalue weighted by atomic mass is 9.93. The van der Waals surface area contributed by atoms with E-state index >= 15 is 0 Å². The molecule has 1 aromatic heterocycles. The largest absolute Gasteiger partial charge is 0.481 e. The maximum Gasteiger partial charge on any atom is 0.303 e. The number of carboxylic acid groups (broad SMARTS) is 1. The Bertz CT molecular complexity index is 788. The molecular formula is C20H23ClN2O4. The molecule has 2 aromatic rings. The van der Waals surface area contributed by atoms with Gasteiger partial charge in [-0.05, 0) is 49.4 Å². The van der Waals surface area contributed by atoms with Crippen molar-refractivity contribution in [3.8, 4) is 11.3 Å². The van der Waals surface area contributed by atoms with Crippen molar-refractivity contribution in [3.05, 3.63) is 41.4 Å². The number of nitrogens with zero attached hydrogens (tertiary/aromatic N) is 2. The van der Waals surface area contributed by atoms with Crippen LogP contribution in [-0.4, -0.2) is 40.0 Å². The molecule has 3 rings (SSSR count). The van der Waals surface area contributed by atoms with Gasteiger partial charge < -0.3 is 14.4 Å². The molecule has 0 unspecified atom stereocenters. The van der Waals surface area contributed by atoms with Gasteiger partial charge in [0.1, 0.15) is 0 Å². The van der Waals surface area contributed by atoms with Crippen LogP contribution in [0.15, 0.2) is 34.9 Å². The quantitative estimate of drug-likeness (QED) is 0.771. The molecule has 2 heterocycles. The summed E-state index contributed by atoms with van der Waals surface area (Å²) in [5, 5.41) is 9.48. The molecule has 1 amide bonds. The summed E-state index contributed by atoms with van der Waals surface area (Å²) >= 11 is 5.89. The lowest BCUT2D eigenvalue weighted by molar-refractivity contribution is -0.137. The van der Waals surface area contributed by atoms with Crippen LogP contribution in [0.1, 0.15) is 38.0 Å². The Balaban J connectivity index is 1.50. The zero-order valence-electron chi connectivity index (χ0n) is 15.1. The zero-order valence-corrected chi connectivity index (χ0v) is 15.8. The van der Waals surface area contributed by atoms with E-state index in [1.165, 1.54) is 0 Å². The molecule has 0 aliphatic carbocycles. The molecule has 6 nitrogen and oxygen atoms in total. The van der Waals surface area contributed by atoms with Crippen LogP contribution in [0.3, 0.4) is 0 Å². The van der Waals surface area contributed by atoms with Gasteiger partial charge in [-0.25, -0.2) is 4.98 Å². The predicted molar refractivity (Wildman–Crippen MR) is 101 cm³/mol. The SMILES string of the molecule is O=C(O)CC[C@@H]1CCCN(C(=O)CCc2ncc(-c3ccc(Cl)cc3)o2)C1. The first-order valence-corrected chi connectivity index (χ1v) is 9.59. The van der Waals surface area contributed by atoms with Crippen molar-refractivity contribution in [3.63, 3.8) is 0 Å². The van der Waals surface area contributed by atoms with Gasteiger partial charge >= 0.3 is 5.97 Å². The Morgan fingerprint density at radius 3 is 2.78 bits per heavy atom. The number of amides is 1. The highest BCUT2D eigenvalue weighted by Crippen LogP contribution is 2.24. The Hall–Kier alpha value is -2.34. The van der Waals surface area contributed by atoms with E-state index in [4.69, 9.17) is 21.1 Å². The number of aromatic nitrogens is 1. The first-order chi connectivity index (χ1) is 13.0. The molecule has 0 radical (unpaired) electrons. The summed E-state index contributed by atoms with van der Waals surface area (Å²) in [5.74, 6) is 0.755. The van der Waals surface area contributed by atoms with E-state index in [9.17, 15) is 9.59 Å². The van der Waals surface area contributed by atoms with Crippen LogP contribution in [0.4, 0.5) is 0 Å². The number of carboxylic acids is 1. The van der Waals surface area contributed by atoms with E-state index in [1.807, 2.05) is 17.0 Å². The average Bonchev–Trinajstić information content (AvgIpc) is 3.14. The van der Waals surface area contributed by atoms with E-state index in [0.29, 0.717) is 42.5 Å². The standard InChI is InChI=1S/C20H23ClN2O4/c21-16-6-4-15(5-7-16)17-12-22-18(27-17)8-9-19(24)23-11-1-2-14(13-23)3-10-20(25)26/h4-7,12,14H,1-3,8-11,13H2,(H,25,26)/t14-/m0/s1. The lowest BCUT2D eigenvalue weighted by Gasteiger charge is -2.32. The number of hydrogen-bond donors (Lipinski definition) is 1. The Kier molecular flexibility index (Phi) is 6.50. The van der Waals surface area contributed by atoms with Crippen molar-refractivity contribution < 1.29 is 19.1 Å². The minimum absolute atomic E-state index is 0.0706. The Morgan fingerprint density at radius 1 is 1.26 bits per heavy atom. The van der Waals surface area contributed by atoms with Gasteiger partial charge in [0.15, 0.2) is 11.7 Å². The summed E-state index contributed by atoms with van der Waals surface area (Å²) in [6, 6.07) is 7.31. The molecule has 1 aromatic carbocycles. The number of rotatable bonds is 7. The van der Waals surface area contributed by atoms with Crippen molar-refractivity contribution in [1.82, 2.24) is 9.88 Å². The van der Waals surface area contributed by atoms with Crippen molar-refractivity contribution in [2.45, 2.75) is 38.5 Å². The highest BCUT2D eigenvalue weighted by molar-refractivity contribution is 6.30. The first kappa shape index (κ1) is 19.4. The number of halogens is 1. The second kappa shape index (κ2) is 9.04. The van der Waals surface area contributed by atoms with E-state index in [-0.39, 0.29) is 18.2 Å². The highest BCUT2D eigenvalue weighted by Gasteiger charge is 2.24. The molecule has 1 aliphatic heterocycles. The molecule has 7 heteroatoms. The third kappa shape index (κ3) is 5.57. The van der Waals surface area contributed by atoms with Gasteiger partial charge in [0, 0.05) is 42.9 Å². The van der Waals surface area contributed by atoms with Gasteiger partial charge in [-0.2, -0.15) is 0 Å². The third-order valence-corrected chi connectivity index (χ3v) is 5.13. The molecule has 0 spiro atoms. The summed E-state index contributed by atoms with van der Waals surface area (Å²) < 4.78 is 5.74. The van der Waals surface area contributed by atoms with Crippen LogP contribution in [0.2, 0.25) is 5.02 Å². The fourth-order valence-electron chi connectivity index (χ4n) is 3.40. The van der Waals surface area contributed by atoms with Crippen LogP contribution in [0.5, 0.6) is 0 Å². The van der Waals surface area contributed by atoms with Crippen LogP contribution in [0.25, 0.3) is 11.3 Å². The number of aliphatic carboxylic acids is 1. The molecule has 1 atom stereocenters. The third-order valence-electron chi connectivity index (χ3n) is 4.87. The van der Waals surface area contributed by atoms with Gasteiger partial charge in [-0.1, -0.05) is 11.6 Å². The molecule has 0 bridgehead atoms. The number of benzene rings is 1. The fraction of sp³-hybridized carbons (Fsp3) is 0.450. The van der Waals surface area contributed by atoms with E-state index in [1.54, 1.807) is 18.3 Å². The predicted octanol–water partition coefficient (Wildman–Crippen LogP) is 4.03. The number of carbonyl (C=O) groups excluding carboxylic acids is 1. The molecule has 0 saturated carbocycles. The lowest BCUT2D eigenvalue weighted by Crippen LogP contribution is -2.40. The highest BCUT2D eigenvalue weighted by atomic mass is 35.5. The van der Waals surface area contributed by atoms with Gasteiger partial charge in [0.2, 0.25) is 5.91 Å². The number of oxazole rings is 1. The number of carbonyl (C=O) groups is 2. The van der Waals surface area contributed by atoms with E-state index in [0.717, 1.165) is 24.9 Å². The van der Waals surface area contributed by atoms with Crippen LogP contribution in [0, 0.1) is 5.92 Å². The number of likely N-dealkylation sites (tertiary alicyclic amines) is 1. The molecule has 1 saturated heterocycles. The second-order valence-corrected chi connectivity index (χ2v) is 7.34. The minimum atomic E-state index is -0.779. The Labute approximate surface area is 163 Å². The minimum Gasteiger partial charge on any atom is -0.481 e. The smallest absolute Gasteiger partial charge is 0.303 e. The summed E-state index contributed by atoms with van der Waals surface area (Å²) in [6.45, 7) is 1.39. The summed E-state index contributed by atoms with van der Waals surface area (Å²) in [4.78, 5) is 29.3. The van der Waals surface area contributed by atoms with Gasteiger partial charge in [-0.3, -0.25) is 9.59 Å². The monoisotopic (exact) mass is 390 g/mol. The van der Waals surface area contributed by atoms with Gasteiger partial charge in [0.25, 0.3) is 0 Å². The van der Waals surface area contributed by atoms with Crippen LogP contribution < -0.4 is 0 Å². The first-order valence-electron chi connectivity index (χ1n) is 9.21. The van der Waals surface area contributed by atoms with Crippen LogP contribution in [-0.2, 0) is 16.0 Å². The molecular weight excluding hydrogens is 368 g/mol. The topological polar surface area (TPSA) is 83.6 Å². The van der Waals surface area contributed by atoms with E-state index < -0.39 is 5.97 Å². The maximum atomic E-state index is 12.5. The number of piperidine rings is 1. The van der Waals surface area contributed by atoms with Gasteiger partial charge in [0.05, 0.1) is 6.20 Å². The summed E-state index contributed by atoms with van der Waals surface area (Å²) in [6.07, 6.45) is 5.15. The maximum absolute atomic E-state index is 12.5. The second-order valence-electron chi connectivity index (χ2n) is 6.91. The molecule has 1 N–H and O–H groups in total. The molecule has 1 aliphatic rings. The fourth-order valence-corrected chi connectivity index (χ4v) is 3.53. The van der Waals surface area contributed by atoms with Crippen molar-refractivity contribution in [2.24, 2.45) is 5.92 Å². The Morgan fingerprint density at radius 2 is 2.04 bits per heavy atom. The average molecular weight is 391 g/mol. The van der Waals surface area contributed by atoms with Crippen molar-refractivity contribution in [1.29, 1.82) is 0 Å². The number of aryl methyl sites for hydroxylation is 1. The summed E-state index contributed by atoms with van der Waals surface area (Å²) in [5.41, 5.74) is 0.891. The number of hydrogen-bond acceptors (Lipinski definition) is 4. The van der Waals surface area contributed by atoms with E-state index in [2.05, 4.69) is 4.98 Å². The normalized spacial score (nSPS) is 17.1. The van der Waals surface area contributed by atoms with Crippen LogP contribution >= 0.6 is 11.6 Å². The zero-order chi connectivity index (χ0) is 19.2. The van der Waals surface area contributed by atoms with Gasteiger partial charge in [-0.15, -0.1) is 0 Å². The van der Waals surface area contributed by atoms with Crippen molar-refractivity contribution >= 4 is 23.5 Å². The van der Waals surface area contributed by atoms with Crippen molar-refractivity contribution in [2.75, 3.05) is 13.1 Å². The molecule has 27 heavy (non-hydrogen) atoms. The molecule has 1 fully saturated rings. The summed E-state index contributed by atoms with van der Waals surface area (Å²) in [7, 11) is 0.